The number of benzene rings is 1. The highest BCUT2D eigenvalue weighted by atomic mass is 32.2. The van der Waals surface area contributed by atoms with Crippen LogP contribution in [-0.4, -0.2) is 48.7 Å². The molecule has 0 atom stereocenters. The van der Waals surface area contributed by atoms with Gasteiger partial charge in [0, 0.05) is 6.07 Å². The van der Waals surface area contributed by atoms with Gasteiger partial charge in [0.15, 0.2) is 5.82 Å². The van der Waals surface area contributed by atoms with Crippen LogP contribution in [0.15, 0.2) is 12.3 Å². The summed E-state index contributed by atoms with van der Waals surface area (Å²) >= 11 is 0. The van der Waals surface area contributed by atoms with Crippen molar-refractivity contribution >= 4 is 32.8 Å². The summed E-state index contributed by atoms with van der Waals surface area (Å²) in [5.74, 6) is -3.52. The van der Waals surface area contributed by atoms with Crippen LogP contribution in [-0.2, 0) is 15.0 Å². The third-order valence-electron chi connectivity index (χ3n) is 3.42. The normalized spacial score (nSPS) is 16.6. The Labute approximate surface area is 148 Å². The van der Waals surface area contributed by atoms with Crippen molar-refractivity contribution in [2.45, 2.75) is 12.6 Å². The van der Waals surface area contributed by atoms with Gasteiger partial charge in [0.1, 0.15) is 23.5 Å². The maximum absolute atomic E-state index is 14.8. The van der Waals surface area contributed by atoms with Crippen LogP contribution >= 0.6 is 0 Å². The minimum absolute atomic E-state index is 0.201. The first-order valence-electron chi connectivity index (χ1n) is 7.19. The Hall–Kier alpha value is -2.90. The number of carbonyl (C=O) groups is 1. The standard InChI is InChI=1S/C13H10F4N4O5S/c14-10-11-6(18-4-9(19-11)26-2-1-13(15,16)17)3-7(22)12(10)21-5-8(23)20-27(21,24)25/h3-4,22H,1-2,5H2,(H,20,23). The van der Waals surface area contributed by atoms with Gasteiger partial charge in [-0.2, -0.15) is 21.6 Å². The summed E-state index contributed by atoms with van der Waals surface area (Å²) in [4.78, 5) is 18.7. The Bertz CT molecular complexity index is 1030. The molecule has 14 heteroatoms. The van der Waals surface area contributed by atoms with E-state index in [1.54, 1.807) is 4.72 Å². The predicted molar refractivity (Wildman–Crippen MR) is 81.7 cm³/mol. The van der Waals surface area contributed by atoms with E-state index in [1.807, 2.05) is 0 Å². The number of rotatable bonds is 4. The van der Waals surface area contributed by atoms with Crippen molar-refractivity contribution in [1.82, 2.24) is 14.7 Å². The minimum Gasteiger partial charge on any atom is -0.506 e. The number of aromatic hydroxyl groups is 1. The second-order valence-electron chi connectivity index (χ2n) is 5.38. The number of amides is 1. The predicted octanol–water partition coefficient (Wildman–Crippen LogP) is 0.987. The Morgan fingerprint density at radius 3 is 2.67 bits per heavy atom. The number of anilines is 1. The molecule has 1 aromatic heterocycles. The smallest absolute Gasteiger partial charge is 0.392 e. The van der Waals surface area contributed by atoms with Crippen molar-refractivity contribution in [2.75, 3.05) is 17.5 Å². The summed E-state index contributed by atoms with van der Waals surface area (Å²) in [6.07, 6.45) is -4.80. The monoisotopic (exact) mass is 410 g/mol. The van der Waals surface area contributed by atoms with Crippen LogP contribution in [0.25, 0.3) is 11.0 Å². The number of halogens is 4. The van der Waals surface area contributed by atoms with Gasteiger partial charge in [0.05, 0.1) is 24.7 Å². The highest BCUT2D eigenvalue weighted by molar-refractivity contribution is 7.92. The van der Waals surface area contributed by atoms with Gasteiger partial charge >= 0.3 is 16.4 Å². The molecule has 0 unspecified atom stereocenters. The van der Waals surface area contributed by atoms with E-state index in [2.05, 4.69) is 9.97 Å². The molecule has 1 saturated heterocycles. The number of hydrogen-bond acceptors (Lipinski definition) is 7. The molecule has 146 valence electrons. The molecular formula is C13H10F4N4O5S. The van der Waals surface area contributed by atoms with Gasteiger partial charge in [0.25, 0.3) is 5.91 Å². The van der Waals surface area contributed by atoms with Gasteiger partial charge in [-0.1, -0.05) is 0 Å². The van der Waals surface area contributed by atoms with Crippen LogP contribution in [0.2, 0.25) is 0 Å². The number of nitrogens with one attached hydrogen (secondary N) is 1. The molecule has 1 amide bonds. The molecule has 1 aromatic carbocycles. The van der Waals surface area contributed by atoms with E-state index < -0.39 is 70.5 Å². The van der Waals surface area contributed by atoms with E-state index in [-0.39, 0.29) is 5.52 Å². The number of fused-ring (bicyclic) bond motifs is 1. The Morgan fingerprint density at radius 2 is 2.07 bits per heavy atom. The molecule has 0 saturated carbocycles. The van der Waals surface area contributed by atoms with E-state index >= 15 is 0 Å². The fourth-order valence-corrected chi connectivity index (χ4v) is 3.46. The summed E-state index contributed by atoms with van der Waals surface area (Å²) in [5, 5.41) is 9.96. The number of hydrogen-bond donors (Lipinski definition) is 2. The topological polar surface area (TPSA) is 122 Å². The molecule has 0 spiro atoms. The van der Waals surface area contributed by atoms with Crippen molar-refractivity contribution < 1.29 is 40.6 Å². The molecule has 3 rings (SSSR count). The Balaban J connectivity index is 2.00. The van der Waals surface area contributed by atoms with Crippen LogP contribution in [0.1, 0.15) is 6.42 Å². The van der Waals surface area contributed by atoms with E-state index in [0.29, 0.717) is 4.31 Å². The van der Waals surface area contributed by atoms with Gasteiger partial charge < -0.3 is 9.84 Å². The summed E-state index contributed by atoms with van der Waals surface area (Å²) in [6, 6.07) is 0.901. The maximum atomic E-state index is 14.8. The Morgan fingerprint density at radius 1 is 1.37 bits per heavy atom. The first kappa shape index (κ1) is 18.9. The average Bonchev–Trinajstić information content (AvgIpc) is 2.79. The molecule has 0 radical (unpaired) electrons. The van der Waals surface area contributed by atoms with Crippen molar-refractivity contribution in [2.24, 2.45) is 0 Å². The SMILES string of the molecule is O=C1CN(c2c(O)cc3ncc(OCCC(F)(F)F)nc3c2F)S(=O)(=O)N1. The fourth-order valence-electron chi connectivity index (χ4n) is 2.30. The van der Waals surface area contributed by atoms with Gasteiger partial charge in [0.2, 0.25) is 5.88 Å². The molecule has 1 aliphatic heterocycles. The second kappa shape index (κ2) is 6.37. The zero-order valence-electron chi connectivity index (χ0n) is 13.1. The van der Waals surface area contributed by atoms with E-state index in [0.717, 1.165) is 12.3 Å². The summed E-state index contributed by atoms with van der Waals surface area (Å²) < 4.78 is 81.7. The van der Waals surface area contributed by atoms with Crippen molar-refractivity contribution in [3.63, 3.8) is 0 Å². The van der Waals surface area contributed by atoms with Gasteiger partial charge in [-0.3, -0.25) is 4.79 Å². The maximum Gasteiger partial charge on any atom is 0.392 e. The zero-order chi connectivity index (χ0) is 20.0. The molecule has 2 aromatic rings. The summed E-state index contributed by atoms with van der Waals surface area (Å²) in [7, 11) is -4.41. The lowest BCUT2D eigenvalue weighted by atomic mass is 10.2. The highest BCUT2D eigenvalue weighted by Gasteiger charge is 2.38. The number of nitrogens with zero attached hydrogens (tertiary/aromatic N) is 3. The summed E-state index contributed by atoms with van der Waals surface area (Å²) in [5.41, 5.74) is -1.60. The third kappa shape index (κ3) is 3.79. The first-order chi connectivity index (χ1) is 12.5. The van der Waals surface area contributed by atoms with Crippen LogP contribution in [0.3, 0.4) is 0 Å². The minimum atomic E-state index is -4.46. The number of alkyl halides is 3. The van der Waals surface area contributed by atoms with E-state index in [9.17, 15) is 35.9 Å². The number of aromatic nitrogens is 2. The van der Waals surface area contributed by atoms with Gasteiger partial charge in [-0.15, -0.1) is 0 Å². The van der Waals surface area contributed by atoms with Crippen molar-refractivity contribution in [3.8, 4) is 11.6 Å². The third-order valence-corrected chi connectivity index (χ3v) is 4.79. The number of phenols is 1. The van der Waals surface area contributed by atoms with Crippen molar-refractivity contribution in [1.29, 1.82) is 0 Å². The van der Waals surface area contributed by atoms with Crippen LogP contribution in [0, 0.1) is 5.82 Å². The van der Waals surface area contributed by atoms with E-state index in [4.69, 9.17) is 4.74 Å². The second-order valence-corrected chi connectivity index (χ2v) is 6.98. The molecule has 1 aliphatic rings. The molecule has 1 fully saturated rings. The molecule has 0 bridgehead atoms. The first-order valence-corrected chi connectivity index (χ1v) is 8.63. The lowest BCUT2D eigenvalue weighted by Crippen LogP contribution is -2.30. The lowest BCUT2D eigenvalue weighted by molar-refractivity contribution is -0.139. The molecule has 0 aliphatic carbocycles. The molecule has 9 nitrogen and oxygen atoms in total. The van der Waals surface area contributed by atoms with E-state index in [1.165, 1.54) is 0 Å². The van der Waals surface area contributed by atoms with Crippen molar-refractivity contribution in [3.05, 3.63) is 18.1 Å². The summed E-state index contributed by atoms with van der Waals surface area (Å²) in [6.45, 7) is -1.55. The highest BCUT2D eigenvalue weighted by Crippen LogP contribution is 2.37. The van der Waals surface area contributed by atoms with Crippen LogP contribution in [0.4, 0.5) is 23.2 Å². The fraction of sp³-hybridized carbons (Fsp3) is 0.308. The molecule has 2 heterocycles. The number of ether oxygens (including phenoxy) is 1. The number of phenolic OH excluding ortho intramolecular Hbond substituents is 1. The molecule has 27 heavy (non-hydrogen) atoms. The lowest BCUT2D eigenvalue weighted by Gasteiger charge is -2.17. The Kier molecular flexibility index (Phi) is 4.45. The average molecular weight is 410 g/mol. The number of carbonyl (C=O) groups excluding carboxylic acids is 1. The van der Waals surface area contributed by atoms with Crippen LogP contribution in [0.5, 0.6) is 11.6 Å². The molecule has 2 N–H and O–H groups in total. The quantitative estimate of drug-likeness (QED) is 0.721. The largest absolute Gasteiger partial charge is 0.506 e. The van der Waals surface area contributed by atoms with Crippen LogP contribution < -0.4 is 13.8 Å². The zero-order valence-corrected chi connectivity index (χ0v) is 13.9. The van der Waals surface area contributed by atoms with Gasteiger partial charge in [-0.25, -0.2) is 23.4 Å². The molecular weight excluding hydrogens is 400 g/mol. The van der Waals surface area contributed by atoms with Gasteiger partial charge in [-0.05, 0) is 0 Å².